The third-order valence-electron chi connectivity index (χ3n) is 9.84. The van der Waals surface area contributed by atoms with E-state index in [1.165, 1.54) is 4.90 Å². The number of carboxylic acid groups (broad SMARTS) is 1. The van der Waals surface area contributed by atoms with Gasteiger partial charge in [-0.1, -0.05) is 44.2 Å². The standard InChI is InChI=1S/C34H44N8O6/c1-23(2)21-40-22-41(24-8-4-3-5-9-24)34(30(40)45)14-18-39(19-15-34)31(46)35-20-27(29(43)44)37-32(47)38-16-12-25(13-17-38)42-28-11-7-6-10-26(28)36-33(42)48/h3-11,23,25,27H,12-22H2,1-2H3,(H,35,46)(H,36,48)(H,37,47)(H,43,44). The van der Waals surface area contributed by atoms with Crippen LogP contribution in [0.1, 0.15) is 45.6 Å². The highest BCUT2D eigenvalue weighted by atomic mass is 16.4. The molecule has 4 N–H and O–H groups in total. The molecule has 3 aliphatic heterocycles. The van der Waals surface area contributed by atoms with E-state index in [1.807, 2.05) is 59.5 Å². The number of H-pyrrole nitrogens is 1. The molecule has 3 aliphatic rings. The molecule has 6 rings (SSSR count). The van der Waals surface area contributed by atoms with E-state index in [9.17, 15) is 29.1 Å². The van der Waals surface area contributed by atoms with Gasteiger partial charge in [-0.05, 0) is 55.9 Å². The Balaban J connectivity index is 1.02. The van der Waals surface area contributed by atoms with E-state index < -0.39 is 29.6 Å². The monoisotopic (exact) mass is 660 g/mol. The number of carboxylic acids is 1. The maximum absolute atomic E-state index is 13.8. The zero-order valence-corrected chi connectivity index (χ0v) is 27.4. The number of carbonyl (C=O) groups excluding carboxylic acids is 3. The molecule has 0 aliphatic carbocycles. The van der Waals surface area contributed by atoms with Crippen molar-refractivity contribution in [2.45, 2.75) is 57.2 Å². The van der Waals surface area contributed by atoms with Crippen molar-refractivity contribution in [3.63, 3.8) is 0 Å². The molecule has 3 saturated heterocycles. The Morgan fingerprint density at radius 2 is 1.56 bits per heavy atom. The number of nitrogens with one attached hydrogen (secondary N) is 3. The summed E-state index contributed by atoms with van der Waals surface area (Å²) in [6.07, 6.45) is 1.98. The van der Waals surface area contributed by atoms with E-state index in [0.29, 0.717) is 71.0 Å². The number of imidazole rings is 1. The van der Waals surface area contributed by atoms with E-state index in [1.54, 1.807) is 9.47 Å². The van der Waals surface area contributed by atoms with Crippen molar-refractivity contribution in [3.8, 4) is 0 Å². The molecular formula is C34H44N8O6. The van der Waals surface area contributed by atoms with E-state index in [4.69, 9.17) is 0 Å². The fraction of sp³-hybridized carbons (Fsp3) is 0.500. The van der Waals surface area contributed by atoms with Crippen molar-refractivity contribution in [2.24, 2.45) is 5.92 Å². The van der Waals surface area contributed by atoms with Crippen LogP contribution in [0.15, 0.2) is 59.4 Å². The fourth-order valence-corrected chi connectivity index (χ4v) is 7.37. The highest BCUT2D eigenvalue weighted by Crippen LogP contribution is 2.39. The van der Waals surface area contributed by atoms with Gasteiger partial charge in [0.2, 0.25) is 5.91 Å². The van der Waals surface area contributed by atoms with Gasteiger partial charge in [0.25, 0.3) is 0 Å². The van der Waals surface area contributed by atoms with E-state index >= 15 is 0 Å². The molecule has 3 aromatic rings. The first-order chi connectivity index (χ1) is 23.1. The predicted molar refractivity (Wildman–Crippen MR) is 180 cm³/mol. The van der Waals surface area contributed by atoms with Gasteiger partial charge in [0.15, 0.2) is 0 Å². The lowest BCUT2D eigenvalue weighted by atomic mass is 9.85. The first-order valence-corrected chi connectivity index (χ1v) is 16.7. The van der Waals surface area contributed by atoms with Crippen molar-refractivity contribution in [1.82, 2.24) is 34.9 Å². The second-order valence-electron chi connectivity index (χ2n) is 13.4. The maximum Gasteiger partial charge on any atom is 0.328 e. The van der Waals surface area contributed by atoms with Crippen molar-refractivity contribution >= 4 is 40.7 Å². The smallest absolute Gasteiger partial charge is 0.328 e. The van der Waals surface area contributed by atoms with Gasteiger partial charge >= 0.3 is 23.7 Å². The summed E-state index contributed by atoms with van der Waals surface area (Å²) in [5.74, 6) is -0.869. The number of benzene rings is 2. The number of urea groups is 2. The molecule has 1 aromatic heterocycles. The Kier molecular flexibility index (Phi) is 9.33. The van der Waals surface area contributed by atoms with Crippen LogP contribution in [-0.4, -0.2) is 111 Å². The van der Waals surface area contributed by atoms with Crippen LogP contribution in [0.5, 0.6) is 0 Å². The lowest BCUT2D eigenvalue weighted by Crippen LogP contribution is -2.59. The van der Waals surface area contributed by atoms with Crippen molar-refractivity contribution in [2.75, 3.05) is 50.8 Å². The molecule has 14 nitrogen and oxygen atoms in total. The lowest BCUT2D eigenvalue weighted by Gasteiger charge is -2.43. The minimum Gasteiger partial charge on any atom is -0.480 e. The molecule has 5 amide bonds. The number of aliphatic carboxylic acids is 1. The zero-order valence-electron chi connectivity index (χ0n) is 27.4. The number of nitrogens with zero attached hydrogens (tertiary/aromatic N) is 5. The van der Waals surface area contributed by atoms with Gasteiger partial charge < -0.3 is 40.3 Å². The summed E-state index contributed by atoms with van der Waals surface area (Å²) < 4.78 is 1.73. The molecule has 256 valence electrons. The number of hydrogen-bond acceptors (Lipinski definition) is 6. The Bertz CT molecular complexity index is 1700. The summed E-state index contributed by atoms with van der Waals surface area (Å²) in [4.78, 5) is 74.8. The number of piperidine rings is 2. The summed E-state index contributed by atoms with van der Waals surface area (Å²) in [5, 5.41) is 15.1. The van der Waals surface area contributed by atoms with Gasteiger partial charge in [-0.3, -0.25) is 9.36 Å². The highest BCUT2D eigenvalue weighted by Gasteiger charge is 2.54. The second-order valence-corrected chi connectivity index (χ2v) is 13.4. The highest BCUT2D eigenvalue weighted by molar-refractivity contribution is 5.94. The van der Waals surface area contributed by atoms with E-state index in [0.717, 1.165) is 16.7 Å². The average Bonchev–Trinajstić information content (AvgIpc) is 3.55. The molecule has 0 saturated carbocycles. The molecule has 1 spiro atoms. The van der Waals surface area contributed by atoms with Crippen LogP contribution in [0.3, 0.4) is 0 Å². The minimum absolute atomic E-state index is 0.0753. The van der Waals surface area contributed by atoms with Gasteiger partial charge in [0, 0.05) is 44.5 Å². The number of fused-ring (bicyclic) bond motifs is 1. The van der Waals surface area contributed by atoms with Gasteiger partial charge in [-0.25, -0.2) is 19.2 Å². The van der Waals surface area contributed by atoms with Crippen LogP contribution in [0.25, 0.3) is 11.0 Å². The Hall–Kier alpha value is -5.01. The number of para-hydroxylation sites is 3. The molecule has 0 bridgehead atoms. The number of anilines is 1. The van der Waals surface area contributed by atoms with Crippen molar-refractivity contribution < 1.29 is 24.3 Å². The Labute approximate surface area is 278 Å². The van der Waals surface area contributed by atoms with Crippen LogP contribution in [0.4, 0.5) is 15.3 Å². The van der Waals surface area contributed by atoms with Crippen LogP contribution in [0, 0.1) is 5.92 Å². The topological polar surface area (TPSA) is 163 Å². The predicted octanol–water partition coefficient (Wildman–Crippen LogP) is 2.64. The van der Waals surface area contributed by atoms with Crippen LogP contribution in [-0.2, 0) is 9.59 Å². The number of rotatable bonds is 8. The molecule has 2 aromatic carbocycles. The molecule has 3 fully saturated rings. The summed E-state index contributed by atoms with van der Waals surface area (Å²) in [5.41, 5.74) is 1.59. The van der Waals surface area contributed by atoms with E-state index in [-0.39, 0.29) is 24.2 Å². The Morgan fingerprint density at radius 3 is 2.23 bits per heavy atom. The number of aromatic nitrogens is 2. The number of hydrogen-bond donors (Lipinski definition) is 4. The van der Waals surface area contributed by atoms with E-state index in [2.05, 4.69) is 34.4 Å². The summed E-state index contributed by atoms with van der Waals surface area (Å²) in [6.45, 7) is 6.38. The third kappa shape index (κ3) is 6.43. The summed E-state index contributed by atoms with van der Waals surface area (Å²) >= 11 is 0. The third-order valence-corrected chi connectivity index (χ3v) is 9.84. The van der Waals surface area contributed by atoms with Crippen molar-refractivity contribution in [3.05, 3.63) is 65.1 Å². The van der Waals surface area contributed by atoms with Crippen LogP contribution in [0.2, 0.25) is 0 Å². The quantitative estimate of drug-likeness (QED) is 0.289. The van der Waals surface area contributed by atoms with Gasteiger partial charge in [-0.2, -0.15) is 0 Å². The number of amides is 5. The number of aromatic amines is 1. The fourth-order valence-electron chi connectivity index (χ4n) is 7.37. The number of likely N-dealkylation sites (tertiary alicyclic amines) is 2. The molecule has 1 atom stereocenters. The normalized spacial score (nSPS) is 18.9. The first kappa shape index (κ1) is 32.9. The maximum atomic E-state index is 13.8. The second kappa shape index (κ2) is 13.6. The molecule has 48 heavy (non-hydrogen) atoms. The molecule has 14 heteroatoms. The minimum atomic E-state index is -1.33. The molecule has 0 radical (unpaired) electrons. The van der Waals surface area contributed by atoms with Gasteiger partial charge in [0.05, 0.1) is 24.2 Å². The van der Waals surface area contributed by atoms with Gasteiger partial charge in [-0.15, -0.1) is 0 Å². The first-order valence-electron chi connectivity index (χ1n) is 16.7. The largest absolute Gasteiger partial charge is 0.480 e. The number of carbonyl (C=O) groups is 4. The zero-order chi connectivity index (χ0) is 34.0. The van der Waals surface area contributed by atoms with Crippen LogP contribution < -0.4 is 21.2 Å². The summed E-state index contributed by atoms with van der Waals surface area (Å²) in [7, 11) is 0. The molecular weight excluding hydrogens is 616 g/mol. The van der Waals surface area contributed by atoms with Gasteiger partial charge in [0.1, 0.15) is 11.6 Å². The Morgan fingerprint density at radius 1 is 0.917 bits per heavy atom. The van der Waals surface area contributed by atoms with Crippen molar-refractivity contribution in [1.29, 1.82) is 0 Å². The lowest BCUT2D eigenvalue weighted by molar-refractivity contribution is -0.139. The molecule has 1 unspecified atom stereocenters. The summed E-state index contributed by atoms with van der Waals surface area (Å²) in [6, 6.07) is 14.9. The average molecular weight is 661 g/mol. The van der Waals surface area contributed by atoms with Crippen LogP contribution >= 0.6 is 0 Å². The molecule has 4 heterocycles. The SMILES string of the molecule is CC(C)CN1CN(c2ccccc2)C2(CCN(C(=O)NCC(NC(=O)N3CCC(n4c(=O)[nH]c5ccccc54)CC3)C(=O)O)CC2)C1=O.